The molecule has 4 aromatic rings. The second kappa shape index (κ2) is 11.7. The molecule has 1 aromatic heterocycles. The number of fused-ring (bicyclic) bond motifs is 1. The minimum Gasteiger partial charge on any atom is -0.496 e. The number of amides is 1. The van der Waals surface area contributed by atoms with Gasteiger partial charge in [0.25, 0.3) is 0 Å². The van der Waals surface area contributed by atoms with Crippen LogP contribution in [-0.4, -0.2) is 54.3 Å². The van der Waals surface area contributed by atoms with Gasteiger partial charge >= 0.3 is 5.97 Å². The number of ketones is 1. The molecule has 1 amide bonds. The number of hydrogen-bond donors (Lipinski definition) is 2. The molecule has 10 heteroatoms. The van der Waals surface area contributed by atoms with E-state index in [1.54, 1.807) is 47.1 Å². The van der Waals surface area contributed by atoms with Gasteiger partial charge in [-0.3, -0.25) is 9.59 Å². The first kappa shape index (κ1) is 28.8. The Bertz CT molecular complexity index is 1650. The Kier molecular flexibility index (Phi) is 8.00. The summed E-state index contributed by atoms with van der Waals surface area (Å²) in [7, 11) is 4.30. The van der Waals surface area contributed by atoms with Crippen molar-refractivity contribution in [3.63, 3.8) is 0 Å². The summed E-state index contributed by atoms with van der Waals surface area (Å²) in [6.07, 6.45) is 4.01. The van der Waals surface area contributed by atoms with E-state index in [0.29, 0.717) is 57.6 Å². The molecule has 1 fully saturated rings. The van der Waals surface area contributed by atoms with Crippen LogP contribution in [0.3, 0.4) is 0 Å². The number of nitrogens with two attached hydrogens (primary N) is 2. The molecule has 1 heterocycles. The lowest BCUT2D eigenvalue weighted by Gasteiger charge is -2.35. The van der Waals surface area contributed by atoms with Crippen molar-refractivity contribution in [2.45, 2.75) is 37.6 Å². The number of nitrogens with zero attached hydrogens (tertiary/aromatic N) is 2. The van der Waals surface area contributed by atoms with E-state index in [1.165, 1.54) is 21.3 Å². The Hall–Kier alpha value is -4.70. The molecule has 0 radical (unpaired) electrons. The van der Waals surface area contributed by atoms with Crippen LogP contribution in [0.25, 0.3) is 27.7 Å². The summed E-state index contributed by atoms with van der Waals surface area (Å²) in [4.78, 5) is 39.7. The van der Waals surface area contributed by atoms with Crippen molar-refractivity contribution in [1.82, 2.24) is 9.78 Å². The van der Waals surface area contributed by atoms with Crippen LogP contribution in [0.4, 0.5) is 0 Å². The van der Waals surface area contributed by atoms with Gasteiger partial charge in [-0.05, 0) is 54.5 Å². The lowest BCUT2D eigenvalue weighted by atomic mass is 9.72. The third-order valence-corrected chi connectivity index (χ3v) is 8.17. The highest BCUT2D eigenvalue weighted by Gasteiger charge is 2.51. The molecule has 1 saturated carbocycles. The second-order valence-electron chi connectivity index (χ2n) is 10.4. The number of carbonyl (C=O) groups is 3. The number of aromatic nitrogens is 2. The fraction of sp³-hybridized carbons (Fsp3) is 0.312. The van der Waals surface area contributed by atoms with Crippen LogP contribution in [0.5, 0.6) is 11.5 Å². The lowest BCUT2D eigenvalue weighted by Crippen LogP contribution is -2.61. The van der Waals surface area contributed by atoms with Crippen LogP contribution in [-0.2, 0) is 9.53 Å². The zero-order valence-electron chi connectivity index (χ0n) is 23.9. The van der Waals surface area contributed by atoms with Gasteiger partial charge in [0.2, 0.25) is 11.7 Å². The average molecular weight is 571 g/mol. The van der Waals surface area contributed by atoms with Gasteiger partial charge in [0.05, 0.1) is 38.3 Å². The van der Waals surface area contributed by atoms with E-state index in [2.05, 4.69) is 0 Å². The molecular formula is C32H34N4O6. The molecule has 10 nitrogen and oxygen atoms in total. The Labute approximate surface area is 243 Å². The zero-order valence-corrected chi connectivity index (χ0v) is 23.9. The second-order valence-corrected chi connectivity index (χ2v) is 10.4. The van der Waals surface area contributed by atoms with E-state index < -0.39 is 29.1 Å². The molecule has 3 aromatic carbocycles. The molecule has 0 saturated heterocycles. The minimum atomic E-state index is -1.91. The molecule has 218 valence electrons. The van der Waals surface area contributed by atoms with Crippen molar-refractivity contribution in [2.75, 3.05) is 21.3 Å². The lowest BCUT2D eigenvalue weighted by molar-refractivity contribution is -0.147. The predicted octanol–water partition coefficient (Wildman–Crippen LogP) is 4.44. The van der Waals surface area contributed by atoms with Crippen molar-refractivity contribution >= 4 is 28.4 Å². The maximum Gasteiger partial charge on any atom is 0.334 e. The number of benzene rings is 3. The van der Waals surface area contributed by atoms with Crippen molar-refractivity contribution in [3.8, 4) is 28.4 Å². The van der Waals surface area contributed by atoms with Crippen LogP contribution in [0, 0.1) is 5.92 Å². The molecule has 42 heavy (non-hydrogen) atoms. The first-order valence-electron chi connectivity index (χ1n) is 13.8. The quantitative estimate of drug-likeness (QED) is 0.170. The Morgan fingerprint density at radius 2 is 1.52 bits per heavy atom. The summed E-state index contributed by atoms with van der Waals surface area (Å²) in [5.74, 6) is -1.43. The van der Waals surface area contributed by atoms with Crippen LogP contribution in [0.2, 0.25) is 0 Å². The number of hydrogen-bond acceptors (Lipinski definition) is 8. The summed E-state index contributed by atoms with van der Waals surface area (Å²) < 4.78 is 18.0. The first-order chi connectivity index (χ1) is 20.3. The Balaban J connectivity index is 1.80. The molecular weight excluding hydrogens is 536 g/mol. The van der Waals surface area contributed by atoms with Gasteiger partial charge in [-0.25, -0.2) is 9.48 Å². The van der Waals surface area contributed by atoms with Gasteiger partial charge in [0.1, 0.15) is 17.2 Å². The highest BCUT2D eigenvalue weighted by Crippen LogP contribution is 2.42. The smallest absolute Gasteiger partial charge is 0.334 e. The number of primary amides is 1. The SMILES string of the molecule is COC(=O)C(N)(C(=O)c1cc(-c2c(OC)cccc2OC)n(-c2ccc(C(N)=O)c3ccccc23)n1)C1CCCCC1. The number of carbonyl (C=O) groups excluding carboxylic acids is 3. The van der Waals surface area contributed by atoms with Crippen LogP contribution in [0.1, 0.15) is 53.0 Å². The number of rotatable bonds is 9. The fourth-order valence-electron chi connectivity index (χ4n) is 6.02. The van der Waals surface area contributed by atoms with E-state index in [1.807, 2.05) is 18.2 Å². The zero-order chi connectivity index (χ0) is 30.0. The average Bonchev–Trinajstić information content (AvgIpc) is 3.47. The first-order valence-corrected chi connectivity index (χ1v) is 13.8. The molecule has 1 aliphatic carbocycles. The fourth-order valence-corrected chi connectivity index (χ4v) is 6.02. The van der Waals surface area contributed by atoms with E-state index in [0.717, 1.165) is 19.3 Å². The Morgan fingerprint density at radius 1 is 0.881 bits per heavy atom. The van der Waals surface area contributed by atoms with Gasteiger partial charge < -0.3 is 25.7 Å². The number of esters is 1. The van der Waals surface area contributed by atoms with Crippen LogP contribution < -0.4 is 20.9 Å². The van der Waals surface area contributed by atoms with Gasteiger partial charge in [-0.2, -0.15) is 5.10 Å². The Morgan fingerprint density at radius 3 is 2.12 bits per heavy atom. The topological polar surface area (TPSA) is 149 Å². The molecule has 1 unspecified atom stereocenters. The molecule has 1 atom stereocenters. The largest absolute Gasteiger partial charge is 0.496 e. The molecule has 5 rings (SSSR count). The normalized spacial score (nSPS) is 15.1. The van der Waals surface area contributed by atoms with Crippen LogP contribution >= 0.6 is 0 Å². The molecule has 0 spiro atoms. The van der Waals surface area contributed by atoms with Gasteiger partial charge in [-0.1, -0.05) is 49.6 Å². The van der Waals surface area contributed by atoms with E-state index in [9.17, 15) is 14.4 Å². The number of methoxy groups -OCH3 is 3. The maximum atomic E-state index is 14.3. The van der Waals surface area contributed by atoms with Gasteiger partial charge in [0.15, 0.2) is 5.54 Å². The predicted molar refractivity (Wildman–Crippen MR) is 158 cm³/mol. The maximum absolute atomic E-state index is 14.3. The highest BCUT2D eigenvalue weighted by molar-refractivity contribution is 6.16. The van der Waals surface area contributed by atoms with Crippen molar-refractivity contribution < 1.29 is 28.6 Å². The summed E-state index contributed by atoms with van der Waals surface area (Å²) in [6, 6.07) is 17.5. The van der Waals surface area contributed by atoms with E-state index in [-0.39, 0.29) is 5.69 Å². The van der Waals surface area contributed by atoms with Crippen molar-refractivity contribution in [2.24, 2.45) is 17.4 Å². The third-order valence-electron chi connectivity index (χ3n) is 8.17. The van der Waals surface area contributed by atoms with E-state index >= 15 is 0 Å². The molecule has 0 aliphatic heterocycles. The number of ether oxygens (including phenoxy) is 3. The highest BCUT2D eigenvalue weighted by atomic mass is 16.5. The van der Waals surface area contributed by atoms with Crippen LogP contribution in [0.15, 0.2) is 60.7 Å². The summed E-state index contributed by atoms with van der Waals surface area (Å²) in [5, 5.41) is 6.05. The summed E-state index contributed by atoms with van der Waals surface area (Å²) in [5.41, 5.74) is 12.4. The standard InChI is InChI=1S/C32H34N4O6/c1-40-26-14-9-15-27(41-2)28(26)25-18-23(29(37)32(34,31(39)42-3)19-10-5-4-6-11-19)35-36(25)24-17-16-22(30(33)38)20-12-7-8-13-21(20)24/h7-9,12-19H,4-6,10-11,34H2,1-3H3,(H2,33,38). The van der Waals surface area contributed by atoms with Crippen molar-refractivity contribution in [3.05, 3.63) is 71.9 Å². The molecule has 4 N–H and O–H groups in total. The molecule has 0 bridgehead atoms. The molecule has 1 aliphatic rings. The van der Waals surface area contributed by atoms with Gasteiger partial charge in [0, 0.05) is 10.9 Å². The summed E-state index contributed by atoms with van der Waals surface area (Å²) in [6.45, 7) is 0. The van der Waals surface area contributed by atoms with Gasteiger partial charge in [-0.15, -0.1) is 0 Å². The summed E-state index contributed by atoms with van der Waals surface area (Å²) >= 11 is 0. The monoisotopic (exact) mass is 570 g/mol. The number of Topliss-reactive ketones (excluding diaryl/α,β-unsaturated/α-hetero) is 1. The van der Waals surface area contributed by atoms with Crippen molar-refractivity contribution in [1.29, 1.82) is 0 Å². The van der Waals surface area contributed by atoms with E-state index in [4.69, 9.17) is 30.8 Å². The third kappa shape index (κ3) is 4.77. The minimum absolute atomic E-state index is 0.0144.